The monoisotopic (exact) mass is 335 g/mol. The van der Waals surface area contributed by atoms with Gasteiger partial charge in [-0.3, -0.25) is 4.68 Å². The van der Waals surface area contributed by atoms with Crippen LogP contribution in [0.2, 0.25) is 0 Å². The molecule has 0 aliphatic carbocycles. The predicted molar refractivity (Wildman–Crippen MR) is 82.1 cm³/mol. The SMILES string of the molecule is CCNC(=NCc1cn(C)nc1C(F)(F)F)NCC(C)(C)OC. The van der Waals surface area contributed by atoms with Crippen LogP contribution >= 0.6 is 0 Å². The minimum Gasteiger partial charge on any atom is -0.377 e. The Labute approximate surface area is 134 Å². The number of methoxy groups -OCH3 is 1. The zero-order valence-corrected chi connectivity index (χ0v) is 14.1. The average molecular weight is 335 g/mol. The van der Waals surface area contributed by atoms with Gasteiger partial charge in [-0.2, -0.15) is 18.3 Å². The number of nitrogens with one attached hydrogen (secondary N) is 2. The Balaban J connectivity index is 2.86. The van der Waals surface area contributed by atoms with Gasteiger partial charge in [0.25, 0.3) is 0 Å². The molecular weight excluding hydrogens is 311 g/mol. The van der Waals surface area contributed by atoms with Crippen molar-refractivity contribution >= 4 is 5.96 Å². The number of aryl methyl sites for hydroxylation is 1. The number of ether oxygens (including phenoxy) is 1. The van der Waals surface area contributed by atoms with Crippen LogP contribution in [-0.2, 0) is 24.5 Å². The first kappa shape index (κ1) is 19.3. The topological polar surface area (TPSA) is 63.5 Å². The Bertz CT molecular complexity index is 537. The van der Waals surface area contributed by atoms with Crippen molar-refractivity contribution in [2.24, 2.45) is 12.0 Å². The number of aromatic nitrogens is 2. The first-order valence-electron chi connectivity index (χ1n) is 7.26. The number of halogens is 3. The van der Waals surface area contributed by atoms with Crippen molar-refractivity contribution in [1.82, 2.24) is 20.4 Å². The summed E-state index contributed by atoms with van der Waals surface area (Å²) in [5, 5.41) is 9.51. The minimum atomic E-state index is -4.49. The zero-order chi connectivity index (χ0) is 17.7. The third-order valence-corrected chi connectivity index (χ3v) is 3.16. The molecule has 0 unspecified atom stereocenters. The molecule has 0 spiro atoms. The Morgan fingerprint density at radius 3 is 2.52 bits per heavy atom. The van der Waals surface area contributed by atoms with Crippen molar-refractivity contribution in [3.63, 3.8) is 0 Å². The molecule has 1 aromatic heterocycles. The first-order valence-corrected chi connectivity index (χ1v) is 7.26. The third-order valence-electron chi connectivity index (χ3n) is 3.16. The summed E-state index contributed by atoms with van der Waals surface area (Å²) in [6, 6.07) is 0. The van der Waals surface area contributed by atoms with E-state index in [0.717, 1.165) is 4.68 Å². The summed E-state index contributed by atoms with van der Waals surface area (Å²) in [5.41, 5.74) is -1.29. The molecule has 132 valence electrons. The van der Waals surface area contributed by atoms with Gasteiger partial charge in [-0.1, -0.05) is 0 Å². The molecule has 0 bridgehead atoms. The van der Waals surface area contributed by atoms with E-state index in [1.807, 2.05) is 20.8 Å². The van der Waals surface area contributed by atoms with Crippen LogP contribution < -0.4 is 10.6 Å². The maximum atomic E-state index is 12.9. The van der Waals surface area contributed by atoms with Crippen molar-refractivity contribution in [1.29, 1.82) is 0 Å². The highest BCUT2D eigenvalue weighted by Crippen LogP contribution is 2.30. The van der Waals surface area contributed by atoms with E-state index in [1.54, 1.807) is 7.11 Å². The number of hydrogen-bond acceptors (Lipinski definition) is 3. The Morgan fingerprint density at radius 1 is 1.35 bits per heavy atom. The highest BCUT2D eigenvalue weighted by atomic mass is 19.4. The summed E-state index contributed by atoms with van der Waals surface area (Å²) < 4.78 is 45.2. The van der Waals surface area contributed by atoms with Crippen LogP contribution in [0.3, 0.4) is 0 Å². The molecule has 0 saturated heterocycles. The lowest BCUT2D eigenvalue weighted by Gasteiger charge is -2.24. The van der Waals surface area contributed by atoms with Gasteiger partial charge in [-0.15, -0.1) is 0 Å². The largest absolute Gasteiger partial charge is 0.435 e. The maximum Gasteiger partial charge on any atom is 0.435 e. The van der Waals surface area contributed by atoms with E-state index in [0.29, 0.717) is 19.0 Å². The number of hydrogen-bond donors (Lipinski definition) is 2. The molecule has 1 rings (SSSR count). The molecule has 0 aliphatic heterocycles. The normalized spacial score (nSPS) is 13.3. The average Bonchev–Trinajstić information content (AvgIpc) is 2.83. The molecular formula is C14H24F3N5O. The van der Waals surface area contributed by atoms with Gasteiger partial charge in [0.1, 0.15) is 0 Å². The quantitative estimate of drug-likeness (QED) is 0.616. The van der Waals surface area contributed by atoms with Gasteiger partial charge >= 0.3 is 6.18 Å². The van der Waals surface area contributed by atoms with Crippen LogP contribution in [0.25, 0.3) is 0 Å². The fourth-order valence-electron chi connectivity index (χ4n) is 1.77. The summed E-state index contributed by atoms with van der Waals surface area (Å²) in [6.07, 6.45) is -3.16. The van der Waals surface area contributed by atoms with Gasteiger partial charge in [0.15, 0.2) is 11.7 Å². The molecule has 6 nitrogen and oxygen atoms in total. The maximum absolute atomic E-state index is 12.9. The van der Waals surface area contributed by atoms with E-state index in [4.69, 9.17) is 4.74 Å². The lowest BCUT2D eigenvalue weighted by molar-refractivity contribution is -0.142. The molecule has 1 aromatic rings. The van der Waals surface area contributed by atoms with Crippen molar-refractivity contribution in [2.45, 2.75) is 39.1 Å². The molecule has 0 saturated carbocycles. The summed E-state index contributed by atoms with van der Waals surface area (Å²) in [5.74, 6) is 0.426. The molecule has 1 heterocycles. The van der Waals surface area contributed by atoms with Crippen molar-refractivity contribution in [3.05, 3.63) is 17.5 Å². The van der Waals surface area contributed by atoms with Crippen LogP contribution in [0, 0.1) is 0 Å². The molecule has 0 aromatic carbocycles. The molecule has 0 atom stereocenters. The lowest BCUT2D eigenvalue weighted by atomic mass is 10.1. The van der Waals surface area contributed by atoms with E-state index in [2.05, 4.69) is 20.7 Å². The fourth-order valence-corrected chi connectivity index (χ4v) is 1.77. The molecule has 0 radical (unpaired) electrons. The van der Waals surface area contributed by atoms with Crippen molar-refractivity contribution in [3.8, 4) is 0 Å². The van der Waals surface area contributed by atoms with E-state index >= 15 is 0 Å². The number of rotatable bonds is 6. The number of nitrogens with zero attached hydrogens (tertiary/aromatic N) is 3. The van der Waals surface area contributed by atoms with Crippen LogP contribution in [0.5, 0.6) is 0 Å². The standard InChI is InChI=1S/C14H24F3N5O/c1-6-18-12(20-9-13(2,3)23-5)19-7-10-8-22(4)21-11(10)14(15,16)17/h8H,6-7,9H2,1-5H3,(H2,18,19,20). The van der Waals surface area contributed by atoms with Gasteiger partial charge in [0, 0.05) is 39.0 Å². The first-order chi connectivity index (χ1) is 10.6. The molecule has 0 fully saturated rings. The van der Waals surface area contributed by atoms with Crippen molar-refractivity contribution in [2.75, 3.05) is 20.2 Å². The number of guanidine groups is 1. The smallest absolute Gasteiger partial charge is 0.377 e. The molecule has 9 heteroatoms. The fraction of sp³-hybridized carbons (Fsp3) is 0.714. The van der Waals surface area contributed by atoms with E-state index < -0.39 is 17.5 Å². The lowest BCUT2D eigenvalue weighted by Crippen LogP contribution is -2.45. The Morgan fingerprint density at radius 2 is 2.00 bits per heavy atom. The zero-order valence-electron chi connectivity index (χ0n) is 14.1. The molecule has 2 N–H and O–H groups in total. The van der Waals surface area contributed by atoms with E-state index in [1.165, 1.54) is 13.2 Å². The van der Waals surface area contributed by atoms with E-state index in [-0.39, 0.29) is 12.1 Å². The van der Waals surface area contributed by atoms with Gasteiger partial charge in [-0.25, -0.2) is 4.99 Å². The highest BCUT2D eigenvalue weighted by molar-refractivity contribution is 5.79. The highest BCUT2D eigenvalue weighted by Gasteiger charge is 2.36. The van der Waals surface area contributed by atoms with Gasteiger partial charge in [0.2, 0.25) is 0 Å². The van der Waals surface area contributed by atoms with Crippen LogP contribution in [-0.4, -0.2) is 41.5 Å². The number of alkyl halides is 3. The second-order valence-corrected chi connectivity index (χ2v) is 5.69. The van der Waals surface area contributed by atoms with Crippen LogP contribution in [0.1, 0.15) is 32.0 Å². The second-order valence-electron chi connectivity index (χ2n) is 5.69. The third kappa shape index (κ3) is 6.09. The molecule has 0 aliphatic rings. The molecule has 0 amide bonds. The Hall–Kier alpha value is -1.77. The van der Waals surface area contributed by atoms with Gasteiger partial charge < -0.3 is 15.4 Å². The number of aliphatic imine (C=N–C) groups is 1. The van der Waals surface area contributed by atoms with Gasteiger partial charge in [-0.05, 0) is 20.8 Å². The Kier molecular flexibility index (Phi) is 6.43. The van der Waals surface area contributed by atoms with Crippen LogP contribution in [0.15, 0.2) is 11.2 Å². The summed E-state index contributed by atoms with van der Waals surface area (Å²) in [6.45, 7) is 6.61. The summed E-state index contributed by atoms with van der Waals surface area (Å²) >= 11 is 0. The molecule has 23 heavy (non-hydrogen) atoms. The van der Waals surface area contributed by atoms with Gasteiger partial charge in [0.05, 0.1) is 12.1 Å². The minimum absolute atomic E-state index is 0.0307. The predicted octanol–water partition coefficient (Wildman–Crippen LogP) is 1.92. The van der Waals surface area contributed by atoms with Crippen molar-refractivity contribution < 1.29 is 17.9 Å². The summed E-state index contributed by atoms with van der Waals surface area (Å²) in [4.78, 5) is 4.19. The second kappa shape index (κ2) is 7.67. The van der Waals surface area contributed by atoms with Crippen LogP contribution in [0.4, 0.5) is 13.2 Å². The summed E-state index contributed by atoms with van der Waals surface area (Å²) in [7, 11) is 3.05. The van der Waals surface area contributed by atoms with E-state index in [9.17, 15) is 13.2 Å².